The third-order valence-electron chi connectivity index (χ3n) is 3.38. The summed E-state index contributed by atoms with van der Waals surface area (Å²) in [4.78, 5) is 31.4. The first kappa shape index (κ1) is 13.5. The van der Waals surface area contributed by atoms with Gasteiger partial charge in [0.1, 0.15) is 6.54 Å². The second-order valence-corrected chi connectivity index (χ2v) is 4.66. The van der Waals surface area contributed by atoms with Gasteiger partial charge < -0.3 is 9.80 Å². The standard InChI is InChI=1S/C14H19N3O2/c1-3-17(12-6-4-8-15-11(12)2)14(19)10-16-9-5-7-13(16)18/h4,6,8H,3,5,7,9-10H2,1-2H3. The van der Waals surface area contributed by atoms with Crippen LogP contribution in [0.2, 0.25) is 0 Å². The SMILES string of the molecule is CCN(C(=O)CN1CCCC1=O)c1cccnc1C. The lowest BCUT2D eigenvalue weighted by atomic mass is 10.2. The molecule has 0 spiro atoms. The average Bonchev–Trinajstić information content (AvgIpc) is 2.78. The largest absolute Gasteiger partial charge is 0.333 e. The molecule has 1 aliphatic heterocycles. The number of aryl methyl sites for hydroxylation is 1. The molecule has 102 valence electrons. The molecule has 5 heteroatoms. The minimum atomic E-state index is -0.0474. The van der Waals surface area contributed by atoms with Gasteiger partial charge in [-0.25, -0.2) is 0 Å². The number of hydrogen-bond acceptors (Lipinski definition) is 3. The number of likely N-dealkylation sites (N-methyl/N-ethyl adjacent to an activating group) is 1. The Morgan fingerprint density at radius 3 is 2.89 bits per heavy atom. The van der Waals surface area contributed by atoms with E-state index in [9.17, 15) is 9.59 Å². The second-order valence-electron chi connectivity index (χ2n) is 4.66. The summed E-state index contributed by atoms with van der Waals surface area (Å²) in [6.07, 6.45) is 3.12. The van der Waals surface area contributed by atoms with Crippen LogP contribution in [-0.2, 0) is 9.59 Å². The summed E-state index contributed by atoms with van der Waals surface area (Å²) in [5.41, 5.74) is 1.65. The van der Waals surface area contributed by atoms with Crippen molar-refractivity contribution in [2.75, 3.05) is 24.5 Å². The summed E-state index contributed by atoms with van der Waals surface area (Å²) in [6.45, 7) is 5.24. The number of pyridine rings is 1. The highest BCUT2D eigenvalue weighted by Crippen LogP contribution is 2.18. The van der Waals surface area contributed by atoms with Gasteiger partial charge in [-0.2, -0.15) is 0 Å². The maximum atomic E-state index is 12.3. The number of amides is 2. The number of hydrogen-bond donors (Lipinski definition) is 0. The predicted molar refractivity (Wildman–Crippen MR) is 72.8 cm³/mol. The van der Waals surface area contributed by atoms with E-state index in [-0.39, 0.29) is 18.4 Å². The highest BCUT2D eigenvalue weighted by molar-refractivity contribution is 5.97. The molecule has 0 N–H and O–H groups in total. The number of anilines is 1. The smallest absolute Gasteiger partial charge is 0.246 e. The maximum Gasteiger partial charge on any atom is 0.246 e. The van der Waals surface area contributed by atoms with Crippen LogP contribution < -0.4 is 4.90 Å². The number of nitrogens with zero attached hydrogens (tertiary/aromatic N) is 3. The average molecular weight is 261 g/mol. The van der Waals surface area contributed by atoms with Crippen molar-refractivity contribution in [3.05, 3.63) is 24.0 Å². The molecule has 1 aromatic heterocycles. The number of rotatable bonds is 4. The van der Waals surface area contributed by atoms with E-state index in [0.717, 1.165) is 17.8 Å². The fraction of sp³-hybridized carbons (Fsp3) is 0.500. The quantitative estimate of drug-likeness (QED) is 0.822. The summed E-state index contributed by atoms with van der Waals surface area (Å²) in [5.74, 6) is 0.0289. The summed E-state index contributed by atoms with van der Waals surface area (Å²) in [7, 11) is 0. The van der Waals surface area contributed by atoms with Crippen LogP contribution in [0.25, 0.3) is 0 Å². The van der Waals surface area contributed by atoms with Crippen molar-refractivity contribution < 1.29 is 9.59 Å². The van der Waals surface area contributed by atoms with E-state index in [0.29, 0.717) is 19.5 Å². The van der Waals surface area contributed by atoms with E-state index in [1.807, 2.05) is 26.0 Å². The molecule has 0 atom stereocenters. The van der Waals surface area contributed by atoms with Gasteiger partial charge in [-0.3, -0.25) is 14.6 Å². The van der Waals surface area contributed by atoms with Gasteiger partial charge in [0.2, 0.25) is 11.8 Å². The zero-order valence-electron chi connectivity index (χ0n) is 11.4. The van der Waals surface area contributed by atoms with Crippen molar-refractivity contribution in [3.63, 3.8) is 0 Å². The Morgan fingerprint density at radius 1 is 1.53 bits per heavy atom. The summed E-state index contributed by atoms with van der Waals surface area (Å²) >= 11 is 0. The van der Waals surface area contributed by atoms with Gasteiger partial charge in [0.15, 0.2) is 0 Å². The molecule has 1 aliphatic rings. The van der Waals surface area contributed by atoms with Crippen molar-refractivity contribution >= 4 is 17.5 Å². The van der Waals surface area contributed by atoms with Gasteiger partial charge in [0.25, 0.3) is 0 Å². The topological polar surface area (TPSA) is 53.5 Å². The fourth-order valence-corrected chi connectivity index (χ4v) is 2.36. The fourth-order valence-electron chi connectivity index (χ4n) is 2.36. The summed E-state index contributed by atoms with van der Waals surface area (Å²) < 4.78 is 0. The molecule has 19 heavy (non-hydrogen) atoms. The first-order valence-electron chi connectivity index (χ1n) is 6.63. The highest BCUT2D eigenvalue weighted by Gasteiger charge is 2.25. The molecule has 0 aromatic carbocycles. The molecular formula is C14H19N3O2. The lowest BCUT2D eigenvalue weighted by Crippen LogP contribution is -2.41. The Labute approximate surface area is 113 Å². The van der Waals surface area contributed by atoms with E-state index in [1.165, 1.54) is 0 Å². The first-order valence-corrected chi connectivity index (χ1v) is 6.63. The van der Waals surface area contributed by atoms with E-state index >= 15 is 0 Å². The molecule has 0 bridgehead atoms. The zero-order chi connectivity index (χ0) is 13.8. The van der Waals surface area contributed by atoms with Crippen LogP contribution in [0.5, 0.6) is 0 Å². The van der Waals surface area contributed by atoms with Gasteiger partial charge >= 0.3 is 0 Å². The predicted octanol–water partition coefficient (Wildman–Crippen LogP) is 1.37. The third-order valence-corrected chi connectivity index (χ3v) is 3.38. The molecule has 0 radical (unpaired) electrons. The van der Waals surface area contributed by atoms with Crippen molar-refractivity contribution in [2.45, 2.75) is 26.7 Å². The molecular weight excluding hydrogens is 242 g/mol. The maximum absolute atomic E-state index is 12.3. The van der Waals surface area contributed by atoms with Crippen LogP contribution in [0.4, 0.5) is 5.69 Å². The van der Waals surface area contributed by atoms with Crippen molar-refractivity contribution in [2.24, 2.45) is 0 Å². The summed E-state index contributed by atoms with van der Waals surface area (Å²) in [5, 5.41) is 0. The molecule has 0 aliphatic carbocycles. The van der Waals surface area contributed by atoms with E-state index < -0.39 is 0 Å². The molecule has 1 fully saturated rings. The third kappa shape index (κ3) is 2.92. The second kappa shape index (κ2) is 5.82. The minimum absolute atomic E-state index is 0.0474. The molecule has 2 heterocycles. The van der Waals surface area contributed by atoms with E-state index in [2.05, 4.69) is 4.98 Å². The van der Waals surface area contributed by atoms with Crippen molar-refractivity contribution in [1.82, 2.24) is 9.88 Å². The van der Waals surface area contributed by atoms with Crippen LogP contribution >= 0.6 is 0 Å². The van der Waals surface area contributed by atoms with Gasteiger partial charge in [-0.1, -0.05) is 0 Å². The Hall–Kier alpha value is -1.91. The molecule has 2 amide bonds. The Bertz CT molecular complexity index is 487. The Morgan fingerprint density at radius 2 is 2.32 bits per heavy atom. The van der Waals surface area contributed by atoms with Gasteiger partial charge in [0.05, 0.1) is 11.4 Å². The Balaban J connectivity index is 2.11. The van der Waals surface area contributed by atoms with Crippen LogP contribution in [0, 0.1) is 6.92 Å². The van der Waals surface area contributed by atoms with Crippen molar-refractivity contribution in [3.8, 4) is 0 Å². The number of aromatic nitrogens is 1. The molecule has 5 nitrogen and oxygen atoms in total. The van der Waals surface area contributed by atoms with Gasteiger partial charge in [0, 0.05) is 25.7 Å². The lowest BCUT2D eigenvalue weighted by molar-refractivity contribution is -0.132. The monoisotopic (exact) mass is 261 g/mol. The molecule has 0 unspecified atom stereocenters. The molecule has 1 saturated heterocycles. The zero-order valence-corrected chi connectivity index (χ0v) is 11.4. The molecule has 0 saturated carbocycles. The van der Waals surface area contributed by atoms with Gasteiger partial charge in [-0.15, -0.1) is 0 Å². The normalized spacial score (nSPS) is 14.8. The first-order chi connectivity index (χ1) is 9.13. The highest BCUT2D eigenvalue weighted by atomic mass is 16.2. The Kier molecular flexibility index (Phi) is 4.14. The lowest BCUT2D eigenvalue weighted by Gasteiger charge is -2.25. The number of carbonyl (C=O) groups is 2. The molecule has 2 rings (SSSR count). The summed E-state index contributed by atoms with van der Waals surface area (Å²) in [6, 6.07) is 3.70. The van der Waals surface area contributed by atoms with Gasteiger partial charge in [-0.05, 0) is 32.4 Å². The number of likely N-dealkylation sites (tertiary alicyclic amines) is 1. The van der Waals surface area contributed by atoms with Crippen molar-refractivity contribution in [1.29, 1.82) is 0 Å². The van der Waals surface area contributed by atoms with E-state index in [4.69, 9.17) is 0 Å². The number of carbonyl (C=O) groups excluding carboxylic acids is 2. The van der Waals surface area contributed by atoms with Crippen LogP contribution in [0.1, 0.15) is 25.5 Å². The van der Waals surface area contributed by atoms with Crippen LogP contribution in [0.15, 0.2) is 18.3 Å². The van der Waals surface area contributed by atoms with E-state index in [1.54, 1.807) is 16.0 Å². The van der Waals surface area contributed by atoms with Crippen LogP contribution in [0.3, 0.4) is 0 Å². The van der Waals surface area contributed by atoms with Crippen LogP contribution in [-0.4, -0.2) is 41.3 Å². The minimum Gasteiger partial charge on any atom is -0.333 e. The molecule has 1 aromatic rings.